The van der Waals surface area contributed by atoms with Crippen molar-refractivity contribution in [1.82, 2.24) is 15.1 Å². The summed E-state index contributed by atoms with van der Waals surface area (Å²) >= 11 is 0. The first kappa shape index (κ1) is 16.1. The van der Waals surface area contributed by atoms with Gasteiger partial charge in [-0.2, -0.15) is 0 Å². The molecule has 126 valence electrons. The molecule has 0 radical (unpaired) electrons. The van der Waals surface area contributed by atoms with E-state index in [1.807, 2.05) is 11.0 Å². The van der Waals surface area contributed by atoms with E-state index in [9.17, 15) is 4.79 Å². The Morgan fingerprint density at radius 3 is 3.00 bits per heavy atom. The highest BCUT2D eigenvalue weighted by Crippen LogP contribution is 2.23. The molecule has 1 fully saturated rings. The zero-order chi connectivity index (χ0) is 16.2. The molecule has 1 saturated heterocycles. The van der Waals surface area contributed by atoms with E-state index in [1.165, 1.54) is 24.0 Å². The van der Waals surface area contributed by atoms with Crippen LogP contribution in [0.2, 0.25) is 0 Å². The Labute approximate surface area is 138 Å². The van der Waals surface area contributed by atoms with Crippen LogP contribution in [0.15, 0.2) is 18.2 Å². The maximum Gasteiger partial charge on any atom is 0.317 e. The molecule has 0 saturated carbocycles. The lowest BCUT2D eigenvalue weighted by Crippen LogP contribution is -2.47. The van der Waals surface area contributed by atoms with Crippen LogP contribution in [-0.2, 0) is 13.0 Å². The van der Waals surface area contributed by atoms with E-state index in [1.54, 1.807) is 7.11 Å². The standard InChI is InChI=1S/C18H27N3O2/c1-3-20-9-4-5-16(20)12-19-18(22)21-10-8-14-11-17(23-2)7-6-15(14)13-21/h6-7,11,16H,3-5,8-10,12-13H2,1-2H3,(H,19,22)/t16-/m1/s1. The fourth-order valence-electron chi connectivity index (χ4n) is 3.69. The number of amides is 2. The lowest BCUT2D eigenvalue weighted by atomic mass is 10.00. The maximum absolute atomic E-state index is 12.5. The van der Waals surface area contributed by atoms with Gasteiger partial charge in [0.2, 0.25) is 0 Å². The summed E-state index contributed by atoms with van der Waals surface area (Å²) in [6, 6.07) is 6.70. The molecule has 2 amide bonds. The summed E-state index contributed by atoms with van der Waals surface area (Å²) in [5.41, 5.74) is 2.52. The van der Waals surface area contributed by atoms with Gasteiger partial charge in [-0.05, 0) is 55.6 Å². The van der Waals surface area contributed by atoms with Gasteiger partial charge in [-0.15, -0.1) is 0 Å². The van der Waals surface area contributed by atoms with Crippen molar-refractivity contribution >= 4 is 6.03 Å². The van der Waals surface area contributed by atoms with Crippen LogP contribution in [0.1, 0.15) is 30.9 Å². The molecule has 1 N–H and O–H groups in total. The number of likely N-dealkylation sites (tertiary alicyclic amines) is 1. The second kappa shape index (κ2) is 7.21. The molecule has 1 aromatic carbocycles. The van der Waals surface area contributed by atoms with E-state index in [0.29, 0.717) is 12.6 Å². The number of likely N-dealkylation sites (N-methyl/N-ethyl adjacent to an activating group) is 1. The van der Waals surface area contributed by atoms with Crippen LogP contribution >= 0.6 is 0 Å². The van der Waals surface area contributed by atoms with Crippen LogP contribution in [0.5, 0.6) is 5.75 Å². The second-order valence-electron chi connectivity index (χ2n) is 6.42. The topological polar surface area (TPSA) is 44.8 Å². The molecular formula is C18H27N3O2. The summed E-state index contributed by atoms with van der Waals surface area (Å²) in [6.07, 6.45) is 3.33. The largest absolute Gasteiger partial charge is 0.497 e. The molecule has 1 aromatic rings. The zero-order valence-electron chi connectivity index (χ0n) is 14.2. The van der Waals surface area contributed by atoms with Crippen LogP contribution in [-0.4, -0.2) is 55.2 Å². The fraction of sp³-hybridized carbons (Fsp3) is 0.611. The number of urea groups is 1. The molecule has 0 aromatic heterocycles. The van der Waals surface area contributed by atoms with Gasteiger partial charge in [-0.1, -0.05) is 13.0 Å². The van der Waals surface area contributed by atoms with Gasteiger partial charge in [-0.3, -0.25) is 4.90 Å². The van der Waals surface area contributed by atoms with Crippen molar-refractivity contribution in [2.75, 3.05) is 33.3 Å². The first-order valence-corrected chi connectivity index (χ1v) is 8.64. The van der Waals surface area contributed by atoms with Crippen molar-refractivity contribution in [3.05, 3.63) is 29.3 Å². The minimum Gasteiger partial charge on any atom is -0.497 e. The van der Waals surface area contributed by atoms with Gasteiger partial charge in [0.05, 0.1) is 7.11 Å². The van der Waals surface area contributed by atoms with Crippen molar-refractivity contribution in [2.24, 2.45) is 0 Å². The number of carbonyl (C=O) groups is 1. The second-order valence-corrected chi connectivity index (χ2v) is 6.42. The molecule has 5 heteroatoms. The highest BCUT2D eigenvalue weighted by molar-refractivity contribution is 5.74. The molecule has 5 nitrogen and oxygen atoms in total. The minimum atomic E-state index is 0.0643. The van der Waals surface area contributed by atoms with Crippen LogP contribution in [0.4, 0.5) is 4.79 Å². The van der Waals surface area contributed by atoms with E-state index in [-0.39, 0.29) is 6.03 Å². The van der Waals surface area contributed by atoms with Crippen molar-refractivity contribution in [3.8, 4) is 5.75 Å². The third kappa shape index (κ3) is 3.61. The summed E-state index contributed by atoms with van der Waals surface area (Å²) in [5.74, 6) is 0.891. The highest BCUT2D eigenvalue weighted by atomic mass is 16.5. The Kier molecular flexibility index (Phi) is 5.06. The highest BCUT2D eigenvalue weighted by Gasteiger charge is 2.25. The van der Waals surface area contributed by atoms with Crippen molar-refractivity contribution in [2.45, 2.75) is 38.8 Å². The van der Waals surface area contributed by atoms with Gasteiger partial charge in [0.25, 0.3) is 0 Å². The monoisotopic (exact) mass is 317 g/mol. The normalized spacial score (nSPS) is 21.1. The van der Waals surface area contributed by atoms with Gasteiger partial charge in [0, 0.05) is 25.7 Å². The molecule has 0 bridgehead atoms. The SMILES string of the molecule is CCN1CCC[C@@H]1CNC(=O)N1CCc2cc(OC)ccc2C1. The zero-order valence-corrected chi connectivity index (χ0v) is 14.2. The van der Waals surface area contributed by atoms with Crippen LogP contribution in [0.25, 0.3) is 0 Å². The number of benzene rings is 1. The summed E-state index contributed by atoms with van der Waals surface area (Å²) < 4.78 is 5.27. The Bertz CT molecular complexity index is 561. The quantitative estimate of drug-likeness (QED) is 0.926. The average molecular weight is 317 g/mol. The molecule has 23 heavy (non-hydrogen) atoms. The van der Waals surface area contributed by atoms with Gasteiger partial charge in [-0.25, -0.2) is 4.79 Å². The average Bonchev–Trinajstić information content (AvgIpc) is 3.06. The van der Waals surface area contributed by atoms with E-state index in [0.717, 1.165) is 38.3 Å². The van der Waals surface area contributed by atoms with E-state index in [4.69, 9.17) is 4.74 Å². The van der Waals surface area contributed by atoms with E-state index < -0.39 is 0 Å². The Morgan fingerprint density at radius 2 is 2.22 bits per heavy atom. The minimum absolute atomic E-state index is 0.0643. The first-order valence-electron chi connectivity index (χ1n) is 8.64. The van der Waals surface area contributed by atoms with Gasteiger partial charge >= 0.3 is 6.03 Å². The summed E-state index contributed by atoms with van der Waals surface area (Å²) in [4.78, 5) is 16.8. The molecule has 2 aliphatic rings. The first-order chi connectivity index (χ1) is 11.2. The molecule has 1 atom stereocenters. The maximum atomic E-state index is 12.5. The Morgan fingerprint density at radius 1 is 1.35 bits per heavy atom. The fourth-order valence-corrected chi connectivity index (χ4v) is 3.69. The number of methoxy groups -OCH3 is 1. The van der Waals surface area contributed by atoms with Crippen LogP contribution in [0.3, 0.4) is 0 Å². The predicted molar refractivity (Wildman–Crippen MR) is 90.8 cm³/mol. The van der Waals surface area contributed by atoms with E-state index >= 15 is 0 Å². The van der Waals surface area contributed by atoms with Crippen LogP contribution in [0, 0.1) is 0 Å². The van der Waals surface area contributed by atoms with Gasteiger partial charge in [0.1, 0.15) is 5.75 Å². The van der Waals surface area contributed by atoms with E-state index in [2.05, 4.69) is 29.3 Å². The molecular weight excluding hydrogens is 290 g/mol. The summed E-state index contributed by atoms with van der Waals surface area (Å²) in [7, 11) is 1.69. The number of fused-ring (bicyclic) bond motifs is 1. The number of ether oxygens (including phenoxy) is 1. The Balaban J connectivity index is 1.54. The summed E-state index contributed by atoms with van der Waals surface area (Å²) in [5, 5.41) is 3.13. The van der Waals surface area contributed by atoms with Gasteiger partial charge in [0.15, 0.2) is 0 Å². The number of hydrogen-bond acceptors (Lipinski definition) is 3. The van der Waals surface area contributed by atoms with Crippen LogP contribution < -0.4 is 10.1 Å². The number of hydrogen-bond donors (Lipinski definition) is 1. The molecule has 2 heterocycles. The molecule has 0 aliphatic carbocycles. The van der Waals surface area contributed by atoms with Crippen molar-refractivity contribution < 1.29 is 9.53 Å². The van der Waals surface area contributed by atoms with Crippen molar-refractivity contribution in [1.29, 1.82) is 0 Å². The molecule has 2 aliphatic heterocycles. The number of nitrogens with one attached hydrogen (secondary N) is 1. The Hall–Kier alpha value is -1.75. The van der Waals surface area contributed by atoms with Gasteiger partial charge < -0.3 is 15.0 Å². The number of nitrogens with zero attached hydrogens (tertiary/aromatic N) is 2. The third-order valence-corrected chi connectivity index (χ3v) is 5.11. The molecule has 3 rings (SSSR count). The lowest BCUT2D eigenvalue weighted by Gasteiger charge is -2.30. The third-order valence-electron chi connectivity index (χ3n) is 5.11. The predicted octanol–water partition coefficient (Wildman–Crippen LogP) is 2.25. The van der Waals surface area contributed by atoms with Crippen molar-refractivity contribution in [3.63, 3.8) is 0 Å². The number of carbonyl (C=O) groups excluding carboxylic acids is 1. The smallest absolute Gasteiger partial charge is 0.317 e. The lowest BCUT2D eigenvalue weighted by molar-refractivity contribution is 0.186. The number of rotatable bonds is 4. The molecule has 0 unspecified atom stereocenters. The molecule has 0 spiro atoms. The summed E-state index contributed by atoms with van der Waals surface area (Å²) in [6.45, 7) is 6.64.